The van der Waals surface area contributed by atoms with Gasteiger partial charge in [-0.25, -0.2) is 4.79 Å². The molecule has 0 radical (unpaired) electrons. The SMILES string of the molecule is CC=C(C)C(=O)O.CCOc1ccccc1. The largest absolute Gasteiger partial charge is 0.494 e. The second-order valence-corrected chi connectivity index (χ2v) is 3.02. The van der Waals surface area contributed by atoms with Crippen LogP contribution in [0, 0.1) is 0 Å². The maximum absolute atomic E-state index is 9.86. The highest BCUT2D eigenvalue weighted by Crippen LogP contribution is 2.06. The summed E-state index contributed by atoms with van der Waals surface area (Å²) in [6.45, 7) is 5.98. The lowest BCUT2D eigenvalue weighted by Crippen LogP contribution is -1.93. The van der Waals surface area contributed by atoms with Gasteiger partial charge in [-0.3, -0.25) is 0 Å². The van der Waals surface area contributed by atoms with Crippen molar-refractivity contribution in [3.05, 3.63) is 42.0 Å². The molecule has 0 aliphatic heterocycles. The standard InChI is InChI=1S/C8H10O.C5H8O2/c1-2-9-8-6-4-3-5-7-8;1-3-4(2)5(6)7/h3-7H,2H2,1H3;3H,1-2H3,(H,6,7). The maximum atomic E-state index is 9.86. The van der Waals surface area contributed by atoms with Gasteiger partial charge in [0.25, 0.3) is 0 Å². The Hall–Kier alpha value is -1.77. The molecule has 0 aliphatic carbocycles. The van der Waals surface area contributed by atoms with Gasteiger partial charge in [0.2, 0.25) is 0 Å². The molecule has 1 N–H and O–H groups in total. The Kier molecular flexibility index (Phi) is 7.59. The van der Waals surface area contributed by atoms with Crippen molar-refractivity contribution in [3.63, 3.8) is 0 Å². The molecule has 0 saturated carbocycles. The van der Waals surface area contributed by atoms with Crippen LogP contribution in [0.1, 0.15) is 20.8 Å². The number of rotatable bonds is 3. The molecule has 0 fully saturated rings. The predicted octanol–water partition coefficient (Wildman–Crippen LogP) is 3.12. The minimum atomic E-state index is -0.845. The third-order valence-corrected chi connectivity index (χ3v) is 1.82. The van der Waals surface area contributed by atoms with E-state index in [1.807, 2.05) is 37.3 Å². The smallest absolute Gasteiger partial charge is 0.330 e. The molecule has 0 aromatic heterocycles. The lowest BCUT2D eigenvalue weighted by molar-refractivity contribution is -0.132. The van der Waals surface area contributed by atoms with Crippen LogP contribution in [0.4, 0.5) is 0 Å². The number of aliphatic carboxylic acids is 1. The molecule has 0 amide bonds. The molecule has 0 aliphatic rings. The first kappa shape index (κ1) is 14.2. The molecule has 0 spiro atoms. The van der Waals surface area contributed by atoms with Crippen molar-refractivity contribution in [2.24, 2.45) is 0 Å². The molecule has 0 heterocycles. The van der Waals surface area contributed by atoms with Gasteiger partial charge < -0.3 is 9.84 Å². The quantitative estimate of drug-likeness (QED) is 0.799. The van der Waals surface area contributed by atoms with E-state index in [9.17, 15) is 4.79 Å². The van der Waals surface area contributed by atoms with E-state index >= 15 is 0 Å². The second kappa shape index (κ2) is 8.53. The number of para-hydroxylation sites is 1. The number of benzene rings is 1. The molecular formula is C13H18O3. The van der Waals surface area contributed by atoms with Crippen LogP contribution in [0.2, 0.25) is 0 Å². The van der Waals surface area contributed by atoms with Crippen molar-refractivity contribution in [1.82, 2.24) is 0 Å². The van der Waals surface area contributed by atoms with E-state index in [2.05, 4.69) is 0 Å². The van der Waals surface area contributed by atoms with Gasteiger partial charge in [0, 0.05) is 5.57 Å². The Labute approximate surface area is 96.4 Å². The van der Waals surface area contributed by atoms with Gasteiger partial charge in [0.05, 0.1) is 6.61 Å². The molecular weight excluding hydrogens is 204 g/mol. The second-order valence-electron chi connectivity index (χ2n) is 3.02. The first-order valence-corrected chi connectivity index (χ1v) is 5.15. The molecule has 0 atom stereocenters. The topological polar surface area (TPSA) is 46.5 Å². The summed E-state index contributed by atoms with van der Waals surface area (Å²) in [5.41, 5.74) is 0.389. The fraction of sp³-hybridized carbons (Fsp3) is 0.308. The molecule has 0 unspecified atom stereocenters. The number of carbonyl (C=O) groups is 1. The van der Waals surface area contributed by atoms with Crippen LogP contribution in [0.3, 0.4) is 0 Å². The average molecular weight is 222 g/mol. The van der Waals surface area contributed by atoms with E-state index < -0.39 is 5.97 Å². The lowest BCUT2D eigenvalue weighted by Gasteiger charge is -1.99. The molecule has 1 aromatic rings. The average Bonchev–Trinajstić information content (AvgIpc) is 2.30. The Bertz CT molecular complexity index is 328. The number of hydrogen-bond acceptors (Lipinski definition) is 2. The van der Waals surface area contributed by atoms with Gasteiger partial charge in [-0.05, 0) is 32.9 Å². The monoisotopic (exact) mass is 222 g/mol. The third-order valence-electron chi connectivity index (χ3n) is 1.82. The van der Waals surface area contributed by atoms with Crippen molar-refractivity contribution in [2.75, 3.05) is 6.61 Å². The van der Waals surface area contributed by atoms with Crippen LogP contribution >= 0.6 is 0 Å². The van der Waals surface area contributed by atoms with Crippen molar-refractivity contribution >= 4 is 5.97 Å². The van der Waals surface area contributed by atoms with Crippen molar-refractivity contribution in [3.8, 4) is 5.75 Å². The molecule has 1 aromatic carbocycles. The van der Waals surface area contributed by atoms with Crippen molar-refractivity contribution in [2.45, 2.75) is 20.8 Å². The molecule has 0 saturated heterocycles. The van der Waals surface area contributed by atoms with Gasteiger partial charge in [-0.1, -0.05) is 24.3 Å². The third kappa shape index (κ3) is 6.65. The minimum absolute atomic E-state index is 0.389. The molecule has 0 bridgehead atoms. The van der Waals surface area contributed by atoms with Gasteiger partial charge in [0.1, 0.15) is 5.75 Å². The molecule has 1 rings (SSSR count). The van der Waals surface area contributed by atoms with E-state index in [0.717, 1.165) is 12.4 Å². The van der Waals surface area contributed by atoms with E-state index in [0.29, 0.717) is 5.57 Å². The van der Waals surface area contributed by atoms with Crippen LogP contribution in [0.25, 0.3) is 0 Å². The summed E-state index contributed by atoms with van der Waals surface area (Å²) in [6.07, 6.45) is 1.56. The van der Waals surface area contributed by atoms with Crippen LogP contribution in [-0.4, -0.2) is 17.7 Å². The zero-order valence-electron chi connectivity index (χ0n) is 9.93. The lowest BCUT2D eigenvalue weighted by atomic mass is 10.3. The summed E-state index contributed by atoms with van der Waals surface area (Å²) >= 11 is 0. The van der Waals surface area contributed by atoms with Crippen molar-refractivity contribution < 1.29 is 14.6 Å². The summed E-state index contributed by atoms with van der Waals surface area (Å²) in [7, 11) is 0. The molecule has 3 heteroatoms. The molecule has 16 heavy (non-hydrogen) atoms. The number of hydrogen-bond donors (Lipinski definition) is 1. The summed E-state index contributed by atoms with van der Waals surface area (Å²) < 4.78 is 5.21. The van der Waals surface area contributed by atoms with Crippen LogP contribution in [-0.2, 0) is 4.79 Å². The van der Waals surface area contributed by atoms with Crippen LogP contribution < -0.4 is 4.74 Å². The Morgan fingerprint density at radius 1 is 1.38 bits per heavy atom. The van der Waals surface area contributed by atoms with Crippen molar-refractivity contribution in [1.29, 1.82) is 0 Å². The highest BCUT2D eigenvalue weighted by atomic mass is 16.5. The molecule has 3 nitrogen and oxygen atoms in total. The normalized spacial score (nSPS) is 10.1. The Morgan fingerprint density at radius 2 is 1.94 bits per heavy atom. The van der Waals surface area contributed by atoms with E-state index in [-0.39, 0.29) is 0 Å². The molecule has 88 valence electrons. The number of ether oxygens (including phenoxy) is 1. The number of allylic oxidation sites excluding steroid dienone is 1. The minimum Gasteiger partial charge on any atom is -0.494 e. The zero-order chi connectivity index (χ0) is 12.4. The summed E-state index contributed by atoms with van der Waals surface area (Å²) in [5, 5.41) is 8.11. The highest BCUT2D eigenvalue weighted by Gasteiger charge is 1.93. The van der Waals surface area contributed by atoms with E-state index in [1.165, 1.54) is 0 Å². The summed E-state index contributed by atoms with van der Waals surface area (Å²) in [4.78, 5) is 9.86. The summed E-state index contributed by atoms with van der Waals surface area (Å²) in [5.74, 6) is 0.0995. The van der Waals surface area contributed by atoms with Gasteiger partial charge in [-0.2, -0.15) is 0 Å². The van der Waals surface area contributed by atoms with E-state index in [1.54, 1.807) is 19.9 Å². The first-order valence-electron chi connectivity index (χ1n) is 5.15. The van der Waals surface area contributed by atoms with Crippen LogP contribution in [0.5, 0.6) is 5.75 Å². The fourth-order valence-corrected chi connectivity index (χ4v) is 0.807. The number of carboxylic acid groups (broad SMARTS) is 1. The summed E-state index contributed by atoms with van der Waals surface area (Å²) in [6, 6.07) is 9.80. The zero-order valence-corrected chi connectivity index (χ0v) is 9.93. The van der Waals surface area contributed by atoms with E-state index in [4.69, 9.17) is 9.84 Å². The Balaban J connectivity index is 0.000000293. The van der Waals surface area contributed by atoms with Gasteiger partial charge in [-0.15, -0.1) is 0 Å². The maximum Gasteiger partial charge on any atom is 0.330 e. The predicted molar refractivity (Wildman–Crippen MR) is 64.7 cm³/mol. The Morgan fingerprint density at radius 3 is 2.25 bits per heavy atom. The van der Waals surface area contributed by atoms with Gasteiger partial charge >= 0.3 is 5.97 Å². The first-order chi connectivity index (χ1) is 7.61. The highest BCUT2D eigenvalue weighted by molar-refractivity contribution is 5.85. The van der Waals surface area contributed by atoms with Crippen LogP contribution in [0.15, 0.2) is 42.0 Å². The van der Waals surface area contributed by atoms with Gasteiger partial charge in [0.15, 0.2) is 0 Å². The fourth-order valence-electron chi connectivity index (χ4n) is 0.807. The number of carboxylic acids is 1.